The first-order chi connectivity index (χ1) is 11.1. The first-order valence-electron chi connectivity index (χ1n) is 8.15. The molecule has 23 heavy (non-hydrogen) atoms. The summed E-state index contributed by atoms with van der Waals surface area (Å²) in [6.45, 7) is 3.85. The van der Waals surface area contributed by atoms with Gasteiger partial charge in [0.1, 0.15) is 0 Å². The Bertz CT molecular complexity index is 529. The Morgan fingerprint density at radius 2 is 2.04 bits per heavy atom. The minimum absolute atomic E-state index is 0.0438. The van der Waals surface area contributed by atoms with Gasteiger partial charge < -0.3 is 10.6 Å². The summed E-state index contributed by atoms with van der Waals surface area (Å²) in [7, 11) is 0. The lowest BCUT2D eigenvalue weighted by Gasteiger charge is -2.22. The fraction of sp³-hybridized carbons (Fsp3) is 0.733. The van der Waals surface area contributed by atoms with Crippen LogP contribution in [0.25, 0.3) is 0 Å². The highest BCUT2D eigenvalue weighted by molar-refractivity contribution is 8.01. The number of nitrogens with one attached hydrogen (secondary N) is 2. The molecule has 0 unspecified atom stereocenters. The van der Waals surface area contributed by atoms with E-state index in [-0.39, 0.29) is 17.7 Å². The zero-order chi connectivity index (χ0) is 16.7. The minimum Gasteiger partial charge on any atom is -0.353 e. The third-order valence-electron chi connectivity index (χ3n) is 3.99. The third-order valence-corrected chi connectivity index (χ3v) is 5.97. The lowest BCUT2D eigenvalue weighted by atomic mass is 9.95. The number of hydrogen-bond donors (Lipinski definition) is 2. The van der Waals surface area contributed by atoms with E-state index >= 15 is 0 Å². The first kappa shape index (κ1) is 18.2. The highest BCUT2D eigenvalue weighted by Crippen LogP contribution is 2.26. The standard InChI is InChI=1S/C15H24N4O2S2/c1-3-10(2)13(21)17-14-18-19-15(23-14)22-9-12(20)16-11-7-5-4-6-8-11/h10-11H,3-9H2,1-2H3,(H,16,20)(H,17,18,21)/t10-/m1/s1. The number of carbonyl (C=O) groups is 2. The second-order valence-corrected chi connectivity index (χ2v) is 8.06. The average Bonchev–Trinajstić information content (AvgIpc) is 3.00. The van der Waals surface area contributed by atoms with Crippen molar-refractivity contribution in [3.05, 3.63) is 0 Å². The lowest BCUT2D eigenvalue weighted by Crippen LogP contribution is -2.37. The number of carbonyl (C=O) groups excluding carboxylic acids is 2. The summed E-state index contributed by atoms with van der Waals surface area (Å²) in [6, 6.07) is 0.330. The molecule has 0 bridgehead atoms. The summed E-state index contributed by atoms with van der Waals surface area (Å²) in [5.74, 6) is 0.290. The van der Waals surface area contributed by atoms with Gasteiger partial charge in [0.15, 0.2) is 4.34 Å². The quantitative estimate of drug-likeness (QED) is 0.579. The van der Waals surface area contributed by atoms with Crippen molar-refractivity contribution in [1.82, 2.24) is 15.5 Å². The molecule has 128 valence electrons. The molecule has 1 aromatic heterocycles. The number of amides is 2. The smallest absolute Gasteiger partial charge is 0.230 e. The van der Waals surface area contributed by atoms with Gasteiger partial charge in [-0.25, -0.2) is 0 Å². The molecule has 2 N–H and O–H groups in total. The van der Waals surface area contributed by atoms with Crippen LogP contribution in [-0.2, 0) is 9.59 Å². The maximum absolute atomic E-state index is 12.0. The molecule has 1 aliphatic carbocycles. The molecule has 1 atom stereocenters. The molecular weight excluding hydrogens is 332 g/mol. The second kappa shape index (κ2) is 9.22. The molecule has 0 aliphatic heterocycles. The SMILES string of the molecule is CC[C@@H](C)C(=O)Nc1nnc(SCC(=O)NC2CCCCC2)s1. The molecular formula is C15H24N4O2S2. The van der Waals surface area contributed by atoms with Gasteiger partial charge in [0, 0.05) is 12.0 Å². The van der Waals surface area contributed by atoms with Crippen LogP contribution in [-0.4, -0.2) is 33.8 Å². The van der Waals surface area contributed by atoms with Crippen molar-refractivity contribution in [2.24, 2.45) is 5.92 Å². The number of anilines is 1. The van der Waals surface area contributed by atoms with Gasteiger partial charge >= 0.3 is 0 Å². The topological polar surface area (TPSA) is 84.0 Å². The van der Waals surface area contributed by atoms with Crippen LogP contribution in [0.5, 0.6) is 0 Å². The summed E-state index contributed by atoms with van der Waals surface area (Å²) in [4.78, 5) is 23.7. The van der Waals surface area contributed by atoms with Gasteiger partial charge in [-0.2, -0.15) is 0 Å². The van der Waals surface area contributed by atoms with E-state index in [1.807, 2.05) is 13.8 Å². The van der Waals surface area contributed by atoms with Crippen LogP contribution in [0.4, 0.5) is 5.13 Å². The highest BCUT2D eigenvalue weighted by Gasteiger charge is 2.17. The van der Waals surface area contributed by atoms with Crippen molar-refractivity contribution >= 4 is 40.0 Å². The Hall–Kier alpha value is -1.15. The maximum atomic E-state index is 12.0. The Morgan fingerprint density at radius 1 is 1.30 bits per heavy atom. The third kappa shape index (κ3) is 6.10. The Labute approximate surface area is 145 Å². The zero-order valence-corrected chi connectivity index (χ0v) is 15.3. The van der Waals surface area contributed by atoms with Crippen LogP contribution in [0, 0.1) is 5.92 Å². The number of rotatable bonds is 7. The summed E-state index contributed by atoms with van der Waals surface area (Å²) >= 11 is 2.67. The van der Waals surface area contributed by atoms with Crippen molar-refractivity contribution in [1.29, 1.82) is 0 Å². The minimum atomic E-state index is -0.0461. The van der Waals surface area contributed by atoms with E-state index in [0.29, 0.717) is 21.3 Å². The van der Waals surface area contributed by atoms with E-state index in [4.69, 9.17) is 0 Å². The second-order valence-electron chi connectivity index (χ2n) is 5.86. The van der Waals surface area contributed by atoms with E-state index < -0.39 is 0 Å². The highest BCUT2D eigenvalue weighted by atomic mass is 32.2. The zero-order valence-electron chi connectivity index (χ0n) is 13.6. The number of thioether (sulfide) groups is 1. The van der Waals surface area contributed by atoms with Crippen LogP contribution < -0.4 is 10.6 Å². The normalized spacial score (nSPS) is 16.8. The summed E-state index contributed by atoms with van der Waals surface area (Å²) in [6.07, 6.45) is 6.63. The van der Waals surface area contributed by atoms with Crippen molar-refractivity contribution in [3.8, 4) is 0 Å². The summed E-state index contributed by atoms with van der Waals surface area (Å²) < 4.78 is 0.697. The van der Waals surface area contributed by atoms with Crippen molar-refractivity contribution in [3.63, 3.8) is 0 Å². The Kier molecular flexibility index (Phi) is 7.29. The molecule has 0 radical (unpaired) electrons. The molecule has 1 aliphatic rings. The number of nitrogens with zero attached hydrogens (tertiary/aromatic N) is 2. The molecule has 0 spiro atoms. The molecule has 0 aromatic carbocycles. The van der Waals surface area contributed by atoms with Gasteiger partial charge in [-0.3, -0.25) is 9.59 Å². The summed E-state index contributed by atoms with van der Waals surface area (Å²) in [5.41, 5.74) is 0. The van der Waals surface area contributed by atoms with E-state index in [9.17, 15) is 9.59 Å². The summed E-state index contributed by atoms with van der Waals surface area (Å²) in [5, 5.41) is 14.3. The fourth-order valence-corrected chi connectivity index (χ4v) is 3.94. The monoisotopic (exact) mass is 356 g/mol. The van der Waals surface area contributed by atoms with Gasteiger partial charge in [0.25, 0.3) is 0 Å². The predicted octanol–water partition coefficient (Wildman–Crippen LogP) is 3.06. The van der Waals surface area contributed by atoms with E-state index in [0.717, 1.165) is 19.3 Å². The number of aromatic nitrogens is 2. The molecule has 2 rings (SSSR count). The van der Waals surface area contributed by atoms with Gasteiger partial charge in [0.05, 0.1) is 5.75 Å². The van der Waals surface area contributed by atoms with Crippen LogP contribution in [0.15, 0.2) is 4.34 Å². The molecule has 1 fully saturated rings. The van der Waals surface area contributed by atoms with E-state index in [2.05, 4.69) is 20.8 Å². The largest absolute Gasteiger partial charge is 0.353 e. The molecule has 6 nitrogen and oxygen atoms in total. The Balaban J connectivity index is 1.73. The first-order valence-corrected chi connectivity index (χ1v) is 9.95. The van der Waals surface area contributed by atoms with Gasteiger partial charge in [-0.15, -0.1) is 10.2 Å². The van der Waals surface area contributed by atoms with Crippen LogP contribution in [0.1, 0.15) is 52.4 Å². The molecule has 2 amide bonds. The molecule has 0 saturated heterocycles. The van der Waals surface area contributed by atoms with Crippen molar-refractivity contribution < 1.29 is 9.59 Å². The van der Waals surface area contributed by atoms with Crippen LogP contribution in [0.2, 0.25) is 0 Å². The average molecular weight is 357 g/mol. The van der Waals surface area contributed by atoms with E-state index in [1.54, 1.807) is 0 Å². The maximum Gasteiger partial charge on any atom is 0.230 e. The lowest BCUT2D eigenvalue weighted by molar-refractivity contribution is -0.120. The van der Waals surface area contributed by atoms with E-state index in [1.165, 1.54) is 42.4 Å². The molecule has 1 saturated carbocycles. The Morgan fingerprint density at radius 3 is 2.74 bits per heavy atom. The van der Waals surface area contributed by atoms with Gasteiger partial charge in [-0.05, 0) is 19.3 Å². The molecule has 8 heteroatoms. The fourth-order valence-electron chi connectivity index (χ4n) is 2.38. The molecule has 1 aromatic rings. The predicted molar refractivity (Wildman–Crippen MR) is 93.7 cm³/mol. The van der Waals surface area contributed by atoms with Crippen LogP contribution in [0.3, 0.4) is 0 Å². The van der Waals surface area contributed by atoms with Crippen molar-refractivity contribution in [2.75, 3.05) is 11.1 Å². The van der Waals surface area contributed by atoms with Gasteiger partial charge in [0.2, 0.25) is 16.9 Å². The molecule has 1 heterocycles. The van der Waals surface area contributed by atoms with Gasteiger partial charge in [-0.1, -0.05) is 56.2 Å². The van der Waals surface area contributed by atoms with Crippen LogP contribution >= 0.6 is 23.1 Å². The number of hydrogen-bond acceptors (Lipinski definition) is 6. The van der Waals surface area contributed by atoms with Crippen molar-refractivity contribution in [2.45, 2.75) is 62.8 Å².